The van der Waals surface area contributed by atoms with Crippen molar-refractivity contribution in [1.29, 1.82) is 0 Å². The minimum absolute atomic E-state index is 0.138. The number of hydrogen-bond acceptors (Lipinski definition) is 6. The summed E-state index contributed by atoms with van der Waals surface area (Å²) < 4.78 is 10.5. The lowest BCUT2D eigenvalue weighted by molar-refractivity contribution is -0.121. The summed E-state index contributed by atoms with van der Waals surface area (Å²) in [4.78, 5) is 31.7. The van der Waals surface area contributed by atoms with Crippen LogP contribution in [0.3, 0.4) is 0 Å². The van der Waals surface area contributed by atoms with Crippen molar-refractivity contribution in [3.63, 3.8) is 0 Å². The number of hydrogen-bond donors (Lipinski definition) is 2. The molecule has 4 rings (SSSR count). The maximum atomic E-state index is 12.9. The Morgan fingerprint density at radius 2 is 1.85 bits per heavy atom. The molecule has 0 spiro atoms. The third-order valence-electron chi connectivity index (χ3n) is 5.62. The van der Waals surface area contributed by atoms with Gasteiger partial charge < -0.3 is 19.7 Å². The molecule has 3 heterocycles. The van der Waals surface area contributed by atoms with Gasteiger partial charge in [0.2, 0.25) is 5.91 Å². The number of carbonyl (C=O) groups is 2. The molecular weight excluding hydrogens is 446 g/mol. The van der Waals surface area contributed by atoms with Crippen molar-refractivity contribution >= 4 is 29.1 Å². The number of nitrogens with one attached hydrogen (secondary N) is 2. The minimum Gasteiger partial charge on any atom is -0.495 e. The molecule has 1 aliphatic heterocycles. The van der Waals surface area contributed by atoms with Gasteiger partial charge in [0.1, 0.15) is 22.9 Å². The predicted molar refractivity (Wildman–Crippen MR) is 124 cm³/mol. The first kappa shape index (κ1) is 22.6. The molecule has 0 atom stereocenters. The van der Waals surface area contributed by atoms with Crippen molar-refractivity contribution in [2.45, 2.75) is 12.8 Å². The average molecular weight is 470 g/mol. The van der Waals surface area contributed by atoms with Gasteiger partial charge in [0.15, 0.2) is 0 Å². The second kappa shape index (κ2) is 9.91. The van der Waals surface area contributed by atoms with Crippen LogP contribution >= 0.6 is 11.6 Å². The summed E-state index contributed by atoms with van der Waals surface area (Å²) in [7, 11) is 3.02. The molecule has 0 radical (unpaired) electrons. The molecule has 1 saturated heterocycles. The van der Waals surface area contributed by atoms with Crippen LogP contribution in [0, 0.1) is 5.92 Å². The quantitative estimate of drug-likeness (QED) is 0.570. The molecule has 2 amide bonds. The molecule has 2 aromatic heterocycles. The lowest BCUT2D eigenvalue weighted by Gasteiger charge is -2.31. The van der Waals surface area contributed by atoms with Gasteiger partial charge in [-0.15, -0.1) is 0 Å². The Bertz CT molecular complexity index is 1140. The van der Waals surface area contributed by atoms with Gasteiger partial charge in [-0.25, -0.2) is 0 Å². The Kier molecular flexibility index (Phi) is 6.79. The van der Waals surface area contributed by atoms with E-state index >= 15 is 0 Å². The van der Waals surface area contributed by atoms with Crippen molar-refractivity contribution in [2.75, 3.05) is 32.6 Å². The van der Waals surface area contributed by atoms with Crippen LogP contribution in [0.15, 0.2) is 42.6 Å². The van der Waals surface area contributed by atoms with Crippen molar-refractivity contribution in [3.05, 3.63) is 53.3 Å². The SMILES string of the molecule is COc1cc(OC)c(NC(=O)C2CCN(C(=O)c3cc(-c4ccccn4)n[nH]3)CC2)cc1Cl. The fourth-order valence-electron chi connectivity index (χ4n) is 3.78. The summed E-state index contributed by atoms with van der Waals surface area (Å²) in [6.45, 7) is 0.935. The summed E-state index contributed by atoms with van der Waals surface area (Å²) in [6, 6.07) is 10.4. The zero-order valence-electron chi connectivity index (χ0n) is 18.3. The molecule has 0 aliphatic carbocycles. The molecule has 0 unspecified atom stereocenters. The molecule has 172 valence electrons. The number of amides is 2. The molecule has 2 N–H and O–H groups in total. The fourth-order valence-corrected chi connectivity index (χ4v) is 4.03. The number of anilines is 1. The van der Waals surface area contributed by atoms with E-state index in [0.717, 1.165) is 0 Å². The molecule has 33 heavy (non-hydrogen) atoms. The highest BCUT2D eigenvalue weighted by atomic mass is 35.5. The van der Waals surface area contributed by atoms with Crippen LogP contribution in [0.25, 0.3) is 11.4 Å². The molecule has 1 aliphatic rings. The smallest absolute Gasteiger partial charge is 0.271 e. The standard InChI is InChI=1S/C23H24ClN5O4/c1-32-20-13-21(33-2)18(11-15(20)24)26-22(30)14-6-9-29(10-7-14)23(31)19-12-17(27-28-19)16-5-3-4-8-25-16/h3-5,8,11-14H,6-7,9-10H2,1-2H3,(H,26,30)(H,27,28). The summed E-state index contributed by atoms with van der Waals surface area (Å²) in [5.41, 5.74) is 2.18. The van der Waals surface area contributed by atoms with Gasteiger partial charge in [-0.2, -0.15) is 5.10 Å². The number of methoxy groups -OCH3 is 2. The predicted octanol–water partition coefficient (Wildman–Crippen LogP) is 3.63. The molecule has 3 aromatic rings. The van der Waals surface area contributed by atoms with Crippen LogP contribution in [0.5, 0.6) is 11.5 Å². The largest absolute Gasteiger partial charge is 0.495 e. The van der Waals surface area contributed by atoms with Crippen LogP contribution in [-0.4, -0.2) is 59.2 Å². The summed E-state index contributed by atoms with van der Waals surface area (Å²) in [5.74, 6) is 0.404. The summed E-state index contributed by atoms with van der Waals surface area (Å²) in [6.07, 6.45) is 2.77. The number of likely N-dealkylation sites (tertiary alicyclic amines) is 1. The van der Waals surface area contributed by atoms with E-state index < -0.39 is 0 Å². The number of ether oxygens (including phenoxy) is 2. The number of pyridine rings is 1. The number of halogens is 1. The normalized spacial score (nSPS) is 14.1. The Morgan fingerprint density at radius 3 is 2.52 bits per heavy atom. The van der Waals surface area contributed by atoms with Gasteiger partial charge >= 0.3 is 0 Å². The highest BCUT2D eigenvalue weighted by molar-refractivity contribution is 6.32. The van der Waals surface area contributed by atoms with E-state index in [1.165, 1.54) is 14.2 Å². The number of carbonyl (C=O) groups excluding carboxylic acids is 2. The Hall–Kier alpha value is -3.59. The summed E-state index contributed by atoms with van der Waals surface area (Å²) >= 11 is 6.19. The van der Waals surface area contributed by atoms with Gasteiger partial charge in [0.25, 0.3) is 5.91 Å². The van der Waals surface area contributed by atoms with E-state index in [9.17, 15) is 9.59 Å². The molecular formula is C23H24ClN5O4. The Morgan fingerprint density at radius 1 is 1.09 bits per heavy atom. The highest BCUT2D eigenvalue weighted by Gasteiger charge is 2.29. The summed E-state index contributed by atoms with van der Waals surface area (Å²) in [5, 5.41) is 10.3. The zero-order valence-corrected chi connectivity index (χ0v) is 19.1. The third-order valence-corrected chi connectivity index (χ3v) is 5.92. The topological polar surface area (TPSA) is 109 Å². The van der Waals surface area contributed by atoms with E-state index in [1.54, 1.807) is 29.3 Å². The van der Waals surface area contributed by atoms with Crippen molar-refractivity contribution in [3.8, 4) is 22.9 Å². The monoisotopic (exact) mass is 469 g/mol. The van der Waals surface area contributed by atoms with E-state index in [0.29, 0.717) is 65.2 Å². The van der Waals surface area contributed by atoms with Gasteiger partial charge in [-0.1, -0.05) is 17.7 Å². The lowest BCUT2D eigenvalue weighted by atomic mass is 9.95. The molecule has 0 bridgehead atoms. The number of aromatic amines is 1. The van der Waals surface area contributed by atoms with E-state index in [2.05, 4.69) is 20.5 Å². The highest BCUT2D eigenvalue weighted by Crippen LogP contribution is 2.36. The maximum absolute atomic E-state index is 12.9. The number of rotatable bonds is 6. The Labute approximate surface area is 196 Å². The number of piperidine rings is 1. The zero-order chi connectivity index (χ0) is 23.4. The first-order valence-corrected chi connectivity index (χ1v) is 10.9. The number of H-pyrrole nitrogens is 1. The minimum atomic E-state index is -0.231. The molecule has 0 saturated carbocycles. The molecule has 9 nitrogen and oxygen atoms in total. The second-order valence-corrected chi connectivity index (χ2v) is 8.03. The van der Waals surface area contributed by atoms with E-state index in [1.807, 2.05) is 18.2 Å². The average Bonchev–Trinajstić information content (AvgIpc) is 3.35. The fraction of sp³-hybridized carbons (Fsp3) is 0.304. The van der Waals surface area contributed by atoms with Crippen molar-refractivity contribution in [1.82, 2.24) is 20.1 Å². The van der Waals surface area contributed by atoms with Crippen LogP contribution < -0.4 is 14.8 Å². The maximum Gasteiger partial charge on any atom is 0.271 e. The van der Waals surface area contributed by atoms with Crippen molar-refractivity contribution < 1.29 is 19.1 Å². The van der Waals surface area contributed by atoms with Crippen LogP contribution in [-0.2, 0) is 4.79 Å². The van der Waals surface area contributed by atoms with Crippen LogP contribution in [0.2, 0.25) is 5.02 Å². The number of nitrogens with zero attached hydrogens (tertiary/aromatic N) is 3. The molecule has 1 fully saturated rings. The second-order valence-electron chi connectivity index (χ2n) is 7.62. The molecule has 1 aromatic carbocycles. The van der Waals surface area contributed by atoms with E-state index in [4.69, 9.17) is 21.1 Å². The number of aromatic nitrogens is 3. The lowest BCUT2D eigenvalue weighted by Crippen LogP contribution is -2.41. The van der Waals surface area contributed by atoms with Gasteiger partial charge in [0, 0.05) is 31.3 Å². The first-order valence-electron chi connectivity index (χ1n) is 10.5. The van der Waals surface area contributed by atoms with Gasteiger partial charge in [0.05, 0.1) is 30.6 Å². The third kappa shape index (κ3) is 4.93. The van der Waals surface area contributed by atoms with Crippen molar-refractivity contribution in [2.24, 2.45) is 5.92 Å². The van der Waals surface area contributed by atoms with Gasteiger partial charge in [-0.05, 0) is 37.1 Å². The Balaban J connectivity index is 1.36. The van der Waals surface area contributed by atoms with E-state index in [-0.39, 0.29) is 17.7 Å². The number of benzene rings is 1. The van der Waals surface area contributed by atoms with Crippen LogP contribution in [0.4, 0.5) is 5.69 Å². The first-order chi connectivity index (χ1) is 16.0. The van der Waals surface area contributed by atoms with Gasteiger partial charge in [-0.3, -0.25) is 19.7 Å². The van der Waals surface area contributed by atoms with Crippen LogP contribution in [0.1, 0.15) is 23.3 Å². The molecule has 10 heteroatoms.